The zero-order chi connectivity index (χ0) is 13.7. The van der Waals surface area contributed by atoms with Crippen LogP contribution >= 0.6 is 12.2 Å². The maximum atomic E-state index is 5.37. The van der Waals surface area contributed by atoms with Gasteiger partial charge in [-0.2, -0.15) is 0 Å². The summed E-state index contributed by atoms with van der Waals surface area (Å²) < 4.78 is 0. The molecule has 2 nitrogen and oxygen atoms in total. The van der Waals surface area contributed by atoms with Gasteiger partial charge in [0.25, 0.3) is 0 Å². The Bertz CT molecular complexity index is 436. The van der Waals surface area contributed by atoms with Crippen molar-refractivity contribution in [1.82, 2.24) is 5.32 Å². The topological polar surface area (TPSA) is 24.1 Å². The highest BCUT2D eigenvalue weighted by molar-refractivity contribution is 7.80. The first kappa shape index (κ1) is 14.3. The van der Waals surface area contributed by atoms with Gasteiger partial charge in [-0.05, 0) is 56.5 Å². The van der Waals surface area contributed by atoms with E-state index in [0.29, 0.717) is 0 Å². The van der Waals surface area contributed by atoms with E-state index in [0.717, 1.165) is 23.3 Å². The quantitative estimate of drug-likeness (QED) is 0.810. The Labute approximate surface area is 122 Å². The first-order chi connectivity index (χ1) is 9.15. The zero-order valence-corrected chi connectivity index (χ0v) is 12.8. The Morgan fingerprint density at radius 2 is 1.95 bits per heavy atom. The zero-order valence-electron chi connectivity index (χ0n) is 12.0. The van der Waals surface area contributed by atoms with E-state index in [-0.39, 0.29) is 0 Å². The molecule has 0 saturated heterocycles. The van der Waals surface area contributed by atoms with E-state index in [9.17, 15) is 0 Å². The van der Waals surface area contributed by atoms with Crippen molar-refractivity contribution in [2.45, 2.75) is 46.0 Å². The maximum absolute atomic E-state index is 5.37. The number of hydrogen-bond acceptors (Lipinski definition) is 1. The third-order valence-electron chi connectivity index (χ3n) is 3.91. The average Bonchev–Trinajstić information content (AvgIpc) is 2.41. The van der Waals surface area contributed by atoms with Gasteiger partial charge in [0.05, 0.1) is 0 Å². The number of benzene rings is 1. The van der Waals surface area contributed by atoms with Crippen molar-refractivity contribution in [2.24, 2.45) is 5.92 Å². The first-order valence-corrected chi connectivity index (χ1v) is 7.68. The van der Waals surface area contributed by atoms with E-state index in [2.05, 4.69) is 42.7 Å². The smallest absolute Gasteiger partial charge is 0.170 e. The maximum Gasteiger partial charge on any atom is 0.170 e. The van der Waals surface area contributed by atoms with Crippen molar-refractivity contribution in [2.75, 3.05) is 11.9 Å². The number of hydrogen-bond donors (Lipinski definition) is 2. The SMILES string of the molecule is Cc1ccc(NC(=S)NCC2CCCCC2)c(C)c1. The van der Waals surface area contributed by atoms with Crippen molar-refractivity contribution in [1.29, 1.82) is 0 Å². The molecule has 0 unspecified atom stereocenters. The Kier molecular flexibility index (Phi) is 5.20. The molecule has 0 atom stereocenters. The third-order valence-corrected chi connectivity index (χ3v) is 4.15. The molecular formula is C16H24N2S. The Morgan fingerprint density at radius 3 is 2.63 bits per heavy atom. The molecule has 1 saturated carbocycles. The monoisotopic (exact) mass is 276 g/mol. The van der Waals surface area contributed by atoms with Crippen LogP contribution in [-0.2, 0) is 0 Å². The Balaban J connectivity index is 1.80. The lowest BCUT2D eigenvalue weighted by Crippen LogP contribution is -2.33. The highest BCUT2D eigenvalue weighted by atomic mass is 32.1. The number of nitrogens with one attached hydrogen (secondary N) is 2. The van der Waals surface area contributed by atoms with Crippen LogP contribution in [0.3, 0.4) is 0 Å². The van der Waals surface area contributed by atoms with Crippen LogP contribution in [0.2, 0.25) is 0 Å². The molecule has 1 aliphatic rings. The van der Waals surface area contributed by atoms with Crippen LogP contribution in [0.5, 0.6) is 0 Å². The van der Waals surface area contributed by atoms with Crippen LogP contribution in [0.15, 0.2) is 18.2 Å². The molecule has 0 aromatic heterocycles. The van der Waals surface area contributed by atoms with E-state index in [1.807, 2.05) is 0 Å². The van der Waals surface area contributed by atoms with Crippen molar-refractivity contribution in [3.63, 3.8) is 0 Å². The second-order valence-corrected chi connectivity index (χ2v) is 6.07. The summed E-state index contributed by atoms with van der Waals surface area (Å²) in [6, 6.07) is 6.38. The molecule has 1 fully saturated rings. The van der Waals surface area contributed by atoms with E-state index >= 15 is 0 Å². The molecule has 0 amide bonds. The summed E-state index contributed by atoms with van der Waals surface area (Å²) in [5, 5.41) is 7.41. The summed E-state index contributed by atoms with van der Waals surface area (Å²) in [4.78, 5) is 0. The lowest BCUT2D eigenvalue weighted by atomic mass is 9.89. The van der Waals surface area contributed by atoms with Crippen LogP contribution in [0.25, 0.3) is 0 Å². The van der Waals surface area contributed by atoms with Crippen molar-refractivity contribution >= 4 is 23.0 Å². The van der Waals surface area contributed by atoms with Crippen LogP contribution < -0.4 is 10.6 Å². The summed E-state index contributed by atoms with van der Waals surface area (Å²) in [5.41, 5.74) is 3.62. The lowest BCUT2D eigenvalue weighted by Gasteiger charge is -2.22. The summed E-state index contributed by atoms with van der Waals surface area (Å²) in [6.07, 6.45) is 6.85. The molecule has 1 aromatic rings. The molecule has 3 heteroatoms. The Hall–Kier alpha value is -1.09. The van der Waals surface area contributed by atoms with Crippen LogP contribution in [-0.4, -0.2) is 11.7 Å². The highest BCUT2D eigenvalue weighted by Gasteiger charge is 2.13. The van der Waals surface area contributed by atoms with E-state index in [1.165, 1.54) is 43.2 Å². The summed E-state index contributed by atoms with van der Waals surface area (Å²) in [6.45, 7) is 5.23. The van der Waals surface area contributed by atoms with Crippen molar-refractivity contribution in [3.05, 3.63) is 29.3 Å². The molecule has 0 spiro atoms. The third kappa shape index (κ3) is 4.50. The van der Waals surface area contributed by atoms with Crippen LogP contribution in [0.4, 0.5) is 5.69 Å². The fourth-order valence-electron chi connectivity index (χ4n) is 2.75. The van der Waals surface area contributed by atoms with Gasteiger partial charge in [0.2, 0.25) is 0 Å². The number of thiocarbonyl (C=S) groups is 1. The van der Waals surface area contributed by atoms with Crippen molar-refractivity contribution in [3.8, 4) is 0 Å². The van der Waals surface area contributed by atoms with Gasteiger partial charge < -0.3 is 10.6 Å². The highest BCUT2D eigenvalue weighted by Crippen LogP contribution is 2.22. The van der Waals surface area contributed by atoms with E-state index < -0.39 is 0 Å². The number of aryl methyl sites for hydroxylation is 2. The summed E-state index contributed by atoms with van der Waals surface area (Å²) in [7, 11) is 0. The van der Waals surface area contributed by atoms with Crippen molar-refractivity contribution < 1.29 is 0 Å². The van der Waals surface area contributed by atoms with E-state index in [4.69, 9.17) is 12.2 Å². The molecule has 0 bridgehead atoms. The molecule has 1 aliphatic carbocycles. The minimum absolute atomic E-state index is 0.748. The van der Waals surface area contributed by atoms with Gasteiger partial charge >= 0.3 is 0 Å². The van der Waals surface area contributed by atoms with Gasteiger partial charge in [-0.15, -0.1) is 0 Å². The van der Waals surface area contributed by atoms with Gasteiger partial charge in [0.15, 0.2) is 5.11 Å². The molecule has 0 radical (unpaired) electrons. The van der Waals surface area contributed by atoms with Gasteiger partial charge in [-0.3, -0.25) is 0 Å². The van der Waals surface area contributed by atoms with Gasteiger partial charge in [0, 0.05) is 12.2 Å². The number of anilines is 1. The normalized spacial score (nSPS) is 16.1. The van der Waals surface area contributed by atoms with Crippen LogP contribution in [0, 0.1) is 19.8 Å². The predicted molar refractivity (Wildman–Crippen MR) is 86.7 cm³/mol. The van der Waals surface area contributed by atoms with Gasteiger partial charge in [-0.1, -0.05) is 37.0 Å². The fraction of sp³-hybridized carbons (Fsp3) is 0.562. The fourth-order valence-corrected chi connectivity index (χ4v) is 2.94. The average molecular weight is 276 g/mol. The minimum atomic E-state index is 0.748. The molecular weight excluding hydrogens is 252 g/mol. The summed E-state index contributed by atoms with van der Waals surface area (Å²) in [5.74, 6) is 0.799. The molecule has 0 heterocycles. The largest absolute Gasteiger partial charge is 0.362 e. The summed E-state index contributed by atoms with van der Waals surface area (Å²) >= 11 is 5.37. The molecule has 104 valence electrons. The minimum Gasteiger partial charge on any atom is -0.362 e. The van der Waals surface area contributed by atoms with E-state index in [1.54, 1.807) is 0 Å². The molecule has 2 N–H and O–H groups in total. The second kappa shape index (κ2) is 6.90. The molecule has 1 aromatic carbocycles. The predicted octanol–water partition coefficient (Wildman–Crippen LogP) is 4.17. The van der Waals surface area contributed by atoms with Gasteiger partial charge in [0.1, 0.15) is 0 Å². The van der Waals surface area contributed by atoms with Gasteiger partial charge in [-0.25, -0.2) is 0 Å². The first-order valence-electron chi connectivity index (χ1n) is 7.27. The second-order valence-electron chi connectivity index (χ2n) is 5.66. The lowest BCUT2D eigenvalue weighted by molar-refractivity contribution is 0.357. The molecule has 2 rings (SSSR count). The van der Waals surface area contributed by atoms with Crippen LogP contribution in [0.1, 0.15) is 43.2 Å². The number of rotatable bonds is 3. The standard InChI is InChI=1S/C16H24N2S/c1-12-8-9-15(13(2)10-12)18-16(19)17-11-14-6-4-3-5-7-14/h8-10,14H,3-7,11H2,1-2H3,(H2,17,18,19). The Morgan fingerprint density at radius 1 is 1.21 bits per heavy atom. The molecule has 0 aliphatic heterocycles. The molecule has 19 heavy (non-hydrogen) atoms.